The molecule has 0 aliphatic heterocycles. The Bertz CT molecular complexity index is 557. The first-order chi connectivity index (χ1) is 8.49. The summed E-state index contributed by atoms with van der Waals surface area (Å²) in [7, 11) is 0. The van der Waals surface area contributed by atoms with Gasteiger partial charge in [0, 0.05) is 9.50 Å². The van der Waals surface area contributed by atoms with E-state index in [9.17, 15) is 5.11 Å². The van der Waals surface area contributed by atoms with Crippen LogP contribution in [0, 0.1) is 13.8 Å². The van der Waals surface area contributed by atoms with Gasteiger partial charge in [-0.15, -0.1) is 0 Å². The molecule has 0 heterocycles. The quantitative estimate of drug-likeness (QED) is 0.841. The highest BCUT2D eigenvalue weighted by Gasteiger charge is 2.13. The maximum Gasteiger partial charge on any atom is 0.104 e. The maximum absolute atomic E-state index is 10.4. The van der Waals surface area contributed by atoms with Gasteiger partial charge in [-0.05, 0) is 48.2 Å². The van der Waals surface area contributed by atoms with Gasteiger partial charge in [0.25, 0.3) is 0 Å². The molecule has 0 aromatic heterocycles. The molecule has 94 valence electrons. The van der Waals surface area contributed by atoms with Gasteiger partial charge in [0.2, 0.25) is 0 Å². The summed E-state index contributed by atoms with van der Waals surface area (Å²) >= 11 is 9.47. The lowest BCUT2D eigenvalue weighted by Crippen LogP contribution is -2.01. The summed E-state index contributed by atoms with van der Waals surface area (Å²) in [5.41, 5.74) is 3.93. The molecule has 3 heteroatoms. The van der Waals surface area contributed by atoms with Crippen molar-refractivity contribution in [3.8, 4) is 0 Å². The molecule has 1 nitrogen and oxygen atoms in total. The van der Waals surface area contributed by atoms with E-state index in [1.807, 2.05) is 38.1 Å². The van der Waals surface area contributed by atoms with E-state index in [0.717, 1.165) is 26.7 Å². The lowest BCUT2D eigenvalue weighted by molar-refractivity contribution is 0.220. The summed E-state index contributed by atoms with van der Waals surface area (Å²) in [6.07, 6.45) is -0.644. The van der Waals surface area contributed by atoms with Gasteiger partial charge in [-0.25, -0.2) is 0 Å². The van der Waals surface area contributed by atoms with Crippen molar-refractivity contribution in [3.63, 3.8) is 0 Å². The van der Waals surface area contributed by atoms with Gasteiger partial charge in [-0.3, -0.25) is 0 Å². The number of aliphatic hydroxyl groups is 1. The third-order valence-corrected chi connectivity index (χ3v) is 4.42. The van der Waals surface area contributed by atoms with Gasteiger partial charge in [-0.1, -0.05) is 51.8 Å². The molecule has 2 aromatic carbocycles. The fourth-order valence-corrected chi connectivity index (χ4v) is 2.43. The van der Waals surface area contributed by atoms with Crippen molar-refractivity contribution in [3.05, 3.63) is 68.1 Å². The van der Waals surface area contributed by atoms with Gasteiger partial charge in [0.05, 0.1) is 0 Å². The molecule has 0 radical (unpaired) electrons. The minimum atomic E-state index is -0.644. The average Bonchev–Trinajstić information content (AvgIpc) is 2.34. The highest BCUT2D eigenvalue weighted by atomic mass is 79.9. The standard InChI is InChI=1S/C15H14BrClO/c1-9-6-12(7-10(2)14(9)16)15(18)11-4-3-5-13(17)8-11/h3-8,15,18H,1-2H3. The summed E-state index contributed by atoms with van der Waals surface area (Å²) in [5, 5.41) is 11.0. The van der Waals surface area contributed by atoms with Crippen molar-refractivity contribution in [2.75, 3.05) is 0 Å². The van der Waals surface area contributed by atoms with E-state index in [1.165, 1.54) is 0 Å². The lowest BCUT2D eigenvalue weighted by Gasteiger charge is -2.14. The number of halogens is 2. The average molecular weight is 326 g/mol. The summed E-state index contributed by atoms with van der Waals surface area (Å²) < 4.78 is 1.09. The zero-order chi connectivity index (χ0) is 13.3. The second-order valence-electron chi connectivity index (χ2n) is 4.43. The van der Waals surface area contributed by atoms with Crippen LogP contribution in [0.3, 0.4) is 0 Å². The first-order valence-corrected chi connectivity index (χ1v) is 6.86. The predicted octanol–water partition coefficient (Wildman–Crippen LogP) is 4.80. The van der Waals surface area contributed by atoms with Crippen molar-refractivity contribution < 1.29 is 5.11 Å². The maximum atomic E-state index is 10.4. The number of hydrogen-bond acceptors (Lipinski definition) is 1. The van der Waals surface area contributed by atoms with Gasteiger partial charge in [-0.2, -0.15) is 0 Å². The smallest absolute Gasteiger partial charge is 0.104 e. The van der Waals surface area contributed by atoms with Crippen LogP contribution in [0.5, 0.6) is 0 Å². The zero-order valence-electron chi connectivity index (χ0n) is 10.2. The predicted molar refractivity (Wildman–Crippen MR) is 79.1 cm³/mol. The summed E-state index contributed by atoms with van der Waals surface area (Å²) in [5.74, 6) is 0. The Kier molecular flexibility index (Phi) is 4.10. The van der Waals surface area contributed by atoms with Crippen LogP contribution in [0.1, 0.15) is 28.4 Å². The third-order valence-electron chi connectivity index (χ3n) is 2.94. The van der Waals surface area contributed by atoms with Crippen LogP contribution in [0.25, 0.3) is 0 Å². The summed E-state index contributed by atoms with van der Waals surface area (Å²) in [6.45, 7) is 4.04. The van der Waals surface area contributed by atoms with E-state index in [1.54, 1.807) is 12.1 Å². The molecule has 0 aliphatic rings. The molecule has 1 unspecified atom stereocenters. The van der Waals surface area contributed by atoms with Crippen LogP contribution in [0.4, 0.5) is 0 Å². The minimum Gasteiger partial charge on any atom is -0.384 e. The van der Waals surface area contributed by atoms with E-state index in [-0.39, 0.29) is 0 Å². The Balaban J connectivity index is 2.43. The molecule has 0 spiro atoms. The van der Waals surface area contributed by atoms with E-state index in [4.69, 9.17) is 11.6 Å². The van der Waals surface area contributed by atoms with E-state index >= 15 is 0 Å². The van der Waals surface area contributed by atoms with Crippen LogP contribution in [-0.4, -0.2) is 5.11 Å². The van der Waals surface area contributed by atoms with Gasteiger partial charge < -0.3 is 5.11 Å². The fraction of sp³-hybridized carbons (Fsp3) is 0.200. The molecule has 0 fully saturated rings. The molecular formula is C15H14BrClO. The Labute approximate surface area is 121 Å². The van der Waals surface area contributed by atoms with E-state index < -0.39 is 6.10 Å². The third kappa shape index (κ3) is 2.77. The largest absolute Gasteiger partial charge is 0.384 e. The molecule has 0 bridgehead atoms. The van der Waals surface area contributed by atoms with Crippen LogP contribution in [0.2, 0.25) is 5.02 Å². The fourth-order valence-electron chi connectivity index (χ4n) is 2.01. The number of hydrogen-bond donors (Lipinski definition) is 1. The van der Waals surface area contributed by atoms with Crippen molar-refractivity contribution in [1.29, 1.82) is 0 Å². The molecule has 1 N–H and O–H groups in total. The van der Waals surface area contributed by atoms with Crippen molar-refractivity contribution in [1.82, 2.24) is 0 Å². The second kappa shape index (κ2) is 5.43. The Morgan fingerprint density at radius 1 is 1.06 bits per heavy atom. The molecule has 2 aromatic rings. The SMILES string of the molecule is Cc1cc(C(O)c2cccc(Cl)c2)cc(C)c1Br. The van der Waals surface area contributed by atoms with Crippen molar-refractivity contribution >= 4 is 27.5 Å². The molecule has 1 atom stereocenters. The number of benzene rings is 2. The highest BCUT2D eigenvalue weighted by molar-refractivity contribution is 9.10. The molecule has 0 saturated heterocycles. The van der Waals surface area contributed by atoms with Crippen LogP contribution in [-0.2, 0) is 0 Å². The zero-order valence-corrected chi connectivity index (χ0v) is 12.6. The topological polar surface area (TPSA) is 20.2 Å². The minimum absolute atomic E-state index is 0.636. The van der Waals surface area contributed by atoms with E-state index in [0.29, 0.717) is 5.02 Å². The van der Waals surface area contributed by atoms with Crippen LogP contribution in [0.15, 0.2) is 40.9 Å². The molecule has 0 amide bonds. The first-order valence-electron chi connectivity index (χ1n) is 5.69. The number of aliphatic hydroxyl groups excluding tert-OH is 1. The lowest BCUT2D eigenvalue weighted by atomic mass is 9.98. The van der Waals surface area contributed by atoms with Crippen molar-refractivity contribution in [2.45, 2.75) is 20.0 Å². The first kappa shape index (κ1) is 13.6. The summed E-state index contributed by atoms with van der Waals surface area (Å²) in [6, 6.07) is 11.3. The highest BCUT2D eigenvalue weighted by Crippen LogP contribution is 2.29. The number of rotatable bonds is 2. The Morgan fingerprint density at radius 2 is 1.67 bits per heavy atom. The van der Waals surface area contributed by atoms with E-state index in [2.05, 4.69) is 15.9 Å². The van der Waals surface area contributed by atoms with Crippen LogP contribution < -0.4 is 0 Å². The molecule has 0 aliphatic carbocycles. The molecule has 18 heavy (non-hydrogen) atoms. The molecule has 0 saturated carbocycles. The van der Waals surface area contributed by atoms with Gasteiger partial charge in [0.15, 0.2) is 0 Å². The van der Waals surface area contributed by atoms with Crippen molar-refractivity contribution in [2.24, 2.45) is 0 Å². The monoisotopic (exact) mass is 324 g/mol. The van der Waals surface area contributed by atoms with Gasteiger partial charge >= 0.3 is 0 Å². The Morgan fingerprint density at radius 3 is 2.22 bits per heavy atom. The summed E-state index contributed by atoms with van der Waals surface area (Å²) in [4.78, 5) is 0. The number of aryl methyl sites for hydroxylation is 2. The Hall–Kier alpha value is -0.830. The molecular weight excluding hydrogens is 312 g/mol. The molecule has 2 rings (SSSR count). The normalized spacial score (nSPS) is 12.5. The second-order valence-corrected chi connectivity index (χ2v) is 5.66. The van der Waals surface area contributed by atoms with Gasteiger partial charge in [0.1, 0.15) is 6.10 Å². The van der Waals surface area contributed by atoms with Crippen LogP contribution >= 0.6 is 27.5 Å².